The van der Waals surface area contributed by atoms with Crippen molar-refractivity contribution in [3.05, 3.63) is 75.3 Å². The quantitative estimate of drug-likeness (QED) is 0.225. The van der Waals surface area contributed by atoms with Gasteiger partial charge in [-0.25, -0.2) is 4.98 Å². The Labute approximate surface area is 384 Å². The van der Waals surface area contributed by atoms with E-state index in [1.807, 2.05) is 35.4 Å². The molecule has 0 radical (unpaired) electrons. The van der Waals surface area contributed by atoms with E-state index in [2.05, 4.69) is 26.2 Å². The average Bonchev–Trinajstić information content (AvgIpc) is 3.84. The normalized spacial score (nSPS) is 22.6. The number of piperidine rings is 3. The van der Waals surface area contributed by atoms with Gasteiger partial charge >= 0.3 is 0 Å². The molecule has 1 unspecified atom stereocenters. The summed E-state index contributed by atoms with van der Waals surface area (Å²) in [7, 11) is 4.92. The number of aromatic nitrogens is 2. The first-order valence-electron chi connectivity index (χ1n) is 23.9. The molecule has 66 heavy (non-hydrogen) atoms. The molecular formula is C51H59N7O8. The highest BCUT2D eigenvalue weighted by atomic mass is 16.5. The Kier molecular flexibility index (Phi) is 10.6. The molecular weight excluding hydrogens is 839 g/mol. The lowest BCUT2D eigenvalue weighted by Crippen LogP contribution is -2.52. The highest BCUT2D eigenvalue weighted by Crippen LogP contribution is 2.51. The number of imide groups is 1. The monoisotopic (exact) mass is 897 g/mol. The molecule has 1 aliphatic carbocycles. The van der Waals surface area contributed by atoms with Gasteiger partial charge < -0.3 is 38.4 Å². The lowest BCUT2D eigenvalue weighted by Gasteiger charge is -2.47. The third kappa shape index (κ3) is 7.10. The Morgan fingerprint density at radius 2 is 1.59 bits per heavy atom. The van der Waals surface area contributed by atoms with Crippen molar-refractivity contribution < 1.29 is 33.4 Å². The predicted octanol–water partition coefficient (Wildman–Crippen LogP) is 5.43. The third-order valence-corrected chi connectivity index (χ3v) is 16.6. The zero-order valence-corrected chi connectivity index (χ0v) is 38.3. The van der Waals surface area contributed by atoms with Gasteiger partial charge in [0, 0.05) is 91.6 Å². The number of methoxy groups -OCH3 is 2. The van der Waals surface area contributed by atoms with Crippen LogP contribution < -0.4 is 30.0 Å². The Bertz CT molecular complexity index is 2690. The van der Waals surface area contributed by atoms with E-state index in [0.29, 0.717) is 66.6 Å². The highest BCUT2D eigenvalue weighted by Gasteiger charge is 2.48. The van der Waals surface area contributed by atoms with Crippen LogP contribution in [-0.2, 0) is 28.6 Å². The Balaban J connectivity index is 0.705. The second-order valence-corrected chi connectivity index (χ2v) is 20.1. The van der Waals surface area contributed by atoms with Crippen molar-refractivity contribution in [3.8, 4) is 28.4 Å². The molecule has 8 heterocycles. The maximum Gasteiger partial charge on any atom is 0.261 e. The number of carbonyl (C=O) groups is 4. The average molecular weight is 898 g/mol. The molecule has 1 saturated carbocycles. The summed E-state index contributed by atoms with van der Waals surface area (Å²) in [6.07, 6.45) is 13.9. The number of nitrogens with one attached hydrogen (secondary N) is 1. The molecule has 2 aromatic heterocycles. The number of likely N-dealkylation sites (tertiary alicyclic amines) is 2. The minimum Gasteiger partial charge on any atom is -0.496 e. The van der Waals surface area contributed by atoms with Crippen LogP contribution in [0.15, 0.2) is 47.5 Å². The predicted molar refractivity (Wildman–Crippen MR) is 247 cm³/mol. The number of aryl methyl sites for hydroxylation is 1. The van der Waals surface area contributed by atoms with Crippen LogP contribution in [0.4, 0.5) is 5.82 Å². The summed E-state index contributed by atoms with van der Waals surface area (Å²) in [5.74, 6) is 2.28. The zero-order valence-electron chi connectivity index (χ0n) is 38.3. The van der Waals surface area contributed by atoms with Crippen molar-refractivity contribution >= 4 is 40.2 Å². The number of nitrogens with zero attached hydrogens (tertiary/aromatic N) is 6. The topological polar surface area (TPSA) is 156 Å². The summed E-state index contributed by atoms with van der Waals surface area (Å²) in [5, 5.41) is 3.73. The van der Waals surface area contributed by atoms with Gasteiger partial charge in [-0.05, 0) is 118 Å². The molecule has 6 aliphatic heterocycles. The van der Waals surface area contributed by atoms with Crippen molar-refractivity contribution in [1.82, 2.24) is 29.6 Å². The minimum atomic E-state index is -0.640. The van der Waals surface area contributed by atoms with Crippen LogP contribution in [0.3, 0.4) is 0 Å². The van der Waals surface area contributed by atoms with Gasteiger partial charge in [-0.15, -0.1) is 0 Å². The standard InChI is InChI=1S/C51H59N7O8/c1-54-28-36(34-25-42(56-17-4-18-56)52-26-35(34)47(54)61)32-23-40(64-2)44(41(24-32)65-3)49(63)57-21-13-50(14-22-57)11-9-31(10-12-50)27-55-19-15-51(16-20-55)30-66-45-37-29-58(39-7-8-43(59)53-46(39)60)48(62)33(37)5-6-38(45)51/h5-6,23-26,28,31,39H,4,7-22,27,29-30H2,1-3H3,(H,53,59,60). The molecule has 2 spiro atoms. The number of fused-ring (bicyclic) bond motifs is 5. The third-order valence-electron chi connectivity index (χ3n) is 16.6. The molecule has 2 aromatic carbocycles. The van der Waals surface area contributed by atoms with Crippen LogP contribution in [0.5, 0.6) is 17.2 Å². The minimum absolute atomic E-state index is 0.0718. The number of pyridine rings is 2. The van der Waals surface area contributed by atoms with E-state index in [-0.39, 0.29) is 40.5 Å². The van der Waals surface area contributed by atoms with Gasteiger partial charge in [0.1, 0.15) is 34.7 Å². The molecule has 4 amide bonds. The van der Waals surface area contributed by atoms with E-state index >= 15 is 0 Å². The molecule has 11 rings (SSSR count). The van der Waals surface area contributed by atoms with E-state index in [1.165, 1.54) is 31.2 Å². The van der Waals surface area contributed by atoms with Crippen LogP contribution in [0.25, 0.3) is 21.9 Å². The number of anilines is 1. The van der Waals surface area contributed by atoms with Crippen molar-refractivity contribution in [2.24, 2.45) is 18.4 Å². The molecule has 15 heteroatoms. The number of rotatable bonds is 8. The Morgan fingerprint density at radius 1 is 0.864 bits per heavy atom. The molecule has 0 bridgehead atoms. The molecule has 346 valence electrons. The van der Waals surface area contributed by atoms with Gasteiger partial charge in [-0.2, -0.15) is 0 Å². The number of benzene rings is 2. The highest BCUT2D eigenvalue weighted by molar-refractivity contribution is 6.06. The molecule has 4 aromatic rings. The van der Waals surface area contributed by atoms with Gasteiger partial charge in [-0.1, -0.05) is 6.07 Å². The van der Waals surface area contributed by atoms with E-state index in [9.17, 15) is 24.0 Å². The first kappa shape index (κ1) is 42.7. The molecule has 1 N–H and O–H groups in total. The van der Waals surface area contributed by atoms with Crippen molar-refractivity contribution in [2.75, 3.05) is 71.5 Å². The van der Waals surface area contributed by atoms with E-state index in [0.717, 1.165) is 98.5 Å². The largest absolute Gasteiger partial charge is 0.496 e. The van der Waals surface area contributed by atoms with E-state index in [1.54, 1.807) is 36.9 Å². The molecule has 5 fully saturated rings. The lowest BCUT2D eigenvalue weighted by atomic mass is 9.65. The van der Waals surface area contributed by atoms with Gasteiger partial charge in [0.05, 0.1) is 32.8 Å². The first-order valence-corrected chi connectivity index (χ1v) is 23.9. The van der Waals surface area contributed by atoms with Crippen LogP contribution in [0.2, 0.25) is 0 Å². The fourth-order valence-electron chi connectivity index (χ4n) is 12.3. The summed E-state index contributed by atoms with van der Waals surface area (Å²) in [6.45, 7) is 7.33. The van der Waals surface area contributed by atoms with Gasteiger partial charge in [0.15, 0.2) is 0 Å². The van der Waals surface area contributed by atoms with Crippen molar-refractivity contribution in [2.45, 2.75) is 88.6 Å². The number of ether oxygens (including phenoxy) is 3. The molecule has 7 aliphatic rings. The Hall–Kier alpha value is -5.96. The van der Waals surface area contributed by atoms with Gasteiger partial charge in [0.25, 0.3) is 17.4 Å². The summed E-state index contributed by atoms with van der Waals surface area (Å²) in [5.41, 5.74) is 4.80. The molecule has 15 nitrogen and oxygen atoms in total. The number of hydrogen-bond donors (Lipinski definition) is 1. The summed E-state index contributed by atoms with van der Waals surface area (Å²) in [4.78, 5) is 78.5. The number of hydrogen-bond acceptors (Lipinski definition) is 11. The van der Waals surface area contributed by atoms with Crippen LogP contribution in [0.1, 0.15) is 102 Å². The van der Waals surface area contributed by atoms with E-state index < -0.39 is 11.9 Å². The second kappa shape index (κ2) is 16.4. The number of carbonyl (C=O) groups excluding carboxylic acids is 4. The summed E-state index contributed by atoms with van der Waals surface area (Å²) >= 11 is 0. The SMILES string of the molecule is COc1cc(-c2cn(C)c(=O)c3cnc(N4CCC4)cc23)cc(OC)c1C(=O)N1CCC2(CCC(CN3CCC4(CC3)COc3c4ccc4c3CN(C3CCC(=O)NC3=O)C4=O)CC2)CC1. The maximum atomic E-state index is 14.4. The molecule has 1 atom stereocenters. The summed E-state index contributed by atoms with van der Waals surface area (Å²) in [6, 6.07) is 9.15. The van der Waals surface area contributed by atoms with Crippen LogP contribution >= 0.6 is 0 Å². The number of amides is 4. The summed E-state index contributed by atoms with van der Waals surface area (Å²) < 4.78 is 19.9. The van der Waals surface area contributed by atoms with Gasteiger partial charge in [-0.3, -0.25) is 29.3 Å². The lowest BCUT2D eigenvalue weighted by molar-refractivity contribution is -0.136. The van der Waals surface area contributed by atoms with Crippen molar-refractivity contribution in [3.63, 3.8) is 0 Å². The van der Waals surface area contributed by atoms with Crippen LogP contribution in [0, 0.1) is 11.3 Å². The van der Waals surface area contributed by atoms with Crippen LogP contribution in [-0.4, -0.2) is 121 Å². The zero-order chi connectivity index (χ0) is 45.5. The Morgan fingerprint density at radius 3 is 2.26 bits per heavy atom. The second-order valence-electron chi connectivity index (χ2n) is 20.1. The fraction of sp³-hybridized carbons (Fsp3) is 0.529. The van der Waals surface area contributed by atoms with Gasteiger partial charge in [0.2, 0.25) is 11.8 Å². The maximum absolute atomic E-state index is 14.4. The molecule has 4 saturated heterocycles. The smallest absolute Gasteiger partial charge is 0.261 e. The first-order chi connectivity index (χ1) is 32.0. The van der Waals surface area contributed by atoms with E-state index in [4.69, 9.17) is 14.2 Å². The fourth-order valence-corrected chi connectivity index (χ4v) is 12.3. The van der Waals surface area contributed by atoms with Crippen molar-refractivity contribution in [1.29, 1.82) is 0 Å².